The Balaban J connectivity index is 1.80. The molecule has 0 bridgehead atoms. The number of nitrogens with zero attached hydrogens (tertiary/aromatic N) is 1. The molecule has 3 rings (SSSR count). The van der Waals surface area contributed by atoms with E-state index in [4.69, 9.17) is 21.1 Å². The summed E-state index contributed by atoms with van der Waals surface area (Å²) in [4.78, 5) is 14.1. The Morgan fingerprint density at radius 3 is 2.72 bits per heavy atom. The van der Waals surface area contributed by atoms with Crippen molar-refractivity contribution in [2.45, 2.75) is 18.8 Å². The summed E-state index contributed by atoms with van der Waals surface area (Å²) in [6, 6.07) is 6.20. The molecule has 1 aromatic carbocycles. The maximum Gasteiger partial charge on any atom is 0.308 e. The van der Waals surface area contributed by atoms with E-state index in [-0.39, 0.29) is 11.9 Å². The van der Waals surface area contributed by atoms with E-state index in [1.165, 1.54) is 18.4 Å². The molecule has 0 aromatic heterocycles. The number of benzene rings is 1. The molecule has 1 N–H and O–H groups in total. The van der Waals surface area contributed by atoms with Gasteiger partial charge in [0, 0.05) is 55.8 Å². The highest BCUT2D eigenvalue weighted by Crippen LogP contribution is 2.38. The highest BCUT2D eigenvalue weighted by molar-refractivity contribution is 6.30. The lowest BCUT2D eigenvalue weighted by Gasteiger charge is -2.35. The molecule has 138 valence electrons. The van der Waals surface area contributed by atoms with Crippen molar-refractivity contribution in [1.29, 1.82) is 0 Å². The first kappa shape index (κ1) is 18.5. The van der Waals surface area contributed by atoms with Gasteiger partial charge in [0.25, 0.3) is 0 Å². The van der Waals surface area contributed by atoms with E-state index < -0.39 is 0 Å². The van der Waals surface area contributed by atoms with Crippen LogP contribution in [0.25, 0.3) is 0 Å². The third-order valence-corrected chi connectivity index (χ3v) is 5.72. The number of carbonyl (C=O) groups excluding carboxylic acids is 1. The van der Waals surface area contributed by atoms with Gasteiger partial charge in [0.2, 0.25) is 0 Å². The number of hydrogen-bond acceptors (Lipinski definition) is 5. The predicted octanol–water partition coefficient (Wildman–Crippen LogP) is 2.68. The maximum absolute atomic E-state index is 11.8. The van der Waals surface area contributed by atoms with Crippen molar-refractivity contribution in [3.63, 3.8) is 0 Å². The molecule has 0 spiro atoms. The Hall–Kier alpha value is -1.30. The molecule has 2 heterocycles. The number of halogens is 1. The van der Waals surface area contributed by atoms with Crippen LogP contribution in [0.4, 0.5) is 5.69 Å². The zero-order chi connectivity index (χ0) is 17.8. The first-order chi connectivity index (χ1) is 12.1. The summed E-state index contributed by atoms with van der Waals surface area (Å²) in [6.07, 6.45) is 1.64. The average Bonchev–Trinajstić information content (AvgIpc) is 3.09. The minimum atomic E-state index is -0.0916. The molecule has 1 unspecified atom stereocenters. The Kier molecular flexibility index (Phi) is 6.20. The van der Waals surface area contributed by atoms with Crippen LogP contribution >= 0.6 is 11.6 Å². The number of piperidine rings is 1. The van der Waals surface area contributed by atoms with Gasteiger partial charge in [-0.3, -0.25) is 4.79 Å². The van der Waals surface area contributed by atoms with Crippen LogP contribution in [0, 0.1) is 11.8 Å². The van der Waals surface area contributed by atoms with E-state index in [1.54, 1.807) is 7.11 Å². The quantitative estimate of drug-likeness (QED) is 0.812. The van der Waals surface area contributed by atoms with Gasteiger partial charge in [-0.05, 0) is 30.5 Å². The van der Waals surface area contributed by atoms with E-state index in [9.17, 15) is 4.79 Å². The number of esters is 1. The van der Waals surface area contributed by atoms with Gasteiger partial charge in [0.1, 0.15) is 0 Å². The second-order valence-corrected chi connectivity index (χ2v) is 7.40. The predicted molar refractivity (Wildman–Crippen MR) is 99.4 cm³/mol. The molecule has 2 aliphatic heterocycles. The fourth-order valence-corrected chi connectivity index (χ4v) is 4.28. The smallest absolute Gasteiger partial charge is 0.308 e. The zero-order valence-electron chi connectivity index (χ0n) is 15.0. The number of anilines is 1. The van der Waals surface area contributed by atoms with Gasteiger partial charge < -0.3 is 19.7 Å². The van der Waals surface area contributed by atoms with E-state index in [0.717, 1.165) is 50.7 Å². The molecule has 2 saturated heterocycles. The third kappa shape index (κ3) is 4.10. The van der Waals surface area contributed by atoms with Gasteiger partial charge in [-0.1, -0.05) is 17.7 Å². The fraction of sp³-hybridized carbons (Fsp3) is 0.632. The third-order valence-electron chi connectivity index (χ3n) is 5.48. The molecule has 0 radical (unpaired) electrons. The van der Waals surface area contributed by atoms with Gasteiger partial charge in [-0.2, -0.15) is 0 Å². The standard InChI is InChI=1S/C19H27ClN2O3/c1-24-12-14-10-21-11-17(14)16-4-3-15(20)9-18(16)22-7-5-13(6-8-22)19(23)25-2/h3-4,9,13-14,17,21H,5-8,10-12H2,1-2H3/t14?,17-/m0/s1. The molecule has 2 fully saturated rings. The topological polar surface area (TPSA) is 50.8 Å². The highest BCUT2D eigenvalue weighted by Gasteiger charge is 2.32. The Morgan fingerprint density at radius 2 is 2.04 bits per heavy atom. The second-order valence-electron chi connectivity index (χ2n) is 6.97. The summed E-state index contributed by atoms with van der Waals surface area (Å²) in [5.74, 6) is 0.812. The van der Waals surface area contributed by atoms with Gasteiger partial charge >= 0.3 is 5.97 Å². The van der Waals surface area contributed by atoms with Crippen molar-refractivity contribution >= 4 is 23.3 Å². The van der Waals surface area contributed by atoms with E-state index in [0.29, 0.717) is 11.8 Å². The molecule has 5 nitrogen and oxygen atoms in total. The lowest BCUT2D eigenvalue weighted by molar-refractivity contribution is -0.146. The van der Waals surface area contributed by atoms with Crippen molar-refractivity contribution < 1.29 is 14.3 Å². The van der Waals surface area contributed by atoms with Crippen LogP contribution in [-0.2, 0) is 14.3 Å². The van der Waals surface area contributed by atoms with E-state index in [2.05, 4.69) is 22.3 Å². The summed E-state index contributed by atoms with van der Waals surface area (Å²) in [7, 11) is 3.22. The van der Waals surface area contributed by atoms with Crippen molar-refractivity contribution in [2.24, 2.45) is 11.8 Å². The van der Waals surface area contributed by atoms with Crippen LogP contribution < -0.4 is 10.2 Å². The second kappa shape index (κ2) is 8.39. The Labute approximate surface area is 154 Å². The highest BCUT2D eigenvalue weighted by atomic mass is 35.5. The number of ether oxygens (including phenoxy) is 2. The number of hydrogen-bond donors (Lipinski definition) is 1. The molecular weight excluding hydrogens is 340 g/mol. The summed E-state index contributed by atoms with van der Waals surface area (Å²) in [5.41, 5.74) is 2.53. The minimum Gasteiger partial charge on any atom is -0.469 e. The van der Waals surface area contributed by atoms with Crippen LogP contribution in [0.1, 0.15) is 24.3 Å². The first-order valence-corrected chi connectivity index (χ1v) is 9.33. The lowest BCUT2D eigenvalue weighted by atomic mass is 9.87. The summed E-state index contributed by atoms with van der Waals surface area (Å²) >= 11 is 6.30. The van der Waals surface area contributed by atoms with Gasteiger partial charge in [-0.15, -0.1) is 0 Å². The largest absolute Gasteiger partial charge is 0.469 e. The minimum absolute atomic E-state index is 0.0123. The van der Waals surface area contributed by atoms with E-state index in [1.807, 2.05) is 6.07 Å². The zero-order valence-corrected chi connectivity index (χ0v) is 15.7. The summed E-state index contributed by atoms with van der Waals surface area (Å²) in [6.45, 7) is 4.39. The summed E-state index contributed by atoms with van der Waals surface area (Å²) < 4.78 is 10.3. The maximum atomic E-state index is 11.8. The van der Waals surface area contributed by atoms with Crippen LogP contribution in [0.3, 0.4) is 0 Å². The SMILES string of the molecule is COCC1CNC[C@@H]1c1ccc(Cl)cc1N1CCC(C(=O)OC)CC1. The Morgan fingerprint density at radius 1 is 1.28 bits per heavy atom. The first-order valence-electron chi connectivity index (χ1n) is 8.96. The van der Waals surface area contributed by atoms with Crippen LogP contribution in [0.2, 0.25) is 5.02 Å². The number of methoxy groups -OCH3 is 2. The van der Waals surface area contributed by atoms with Crippen molar-refractivity contribution in [1.82, 2.24) is 5.32 Å². The molecule has 2 atom stereocenters. The summed E-state index contributed by atoms with van der Waals surface area (Å²) in [5, 5.41) is 4.24. The molecule has 1 aromatic rings. The van der Waals surface area contributed by atoms with Crippen molar-refractivity contribution in [3.05, 3.63) is 28.8 Å². The number of rotatable bonds is 5. The van der Waals surface area contributed by atoms with Crippen molar-refractivity contribution in [3.8, 4) is 0 Å². The number of carbonyl (C=O) groups is 1. The normalized spacial score (nSPS) is 24.5. The monoisotopic (exact) mass is 366 g/mol. The van der Waals surface area contributed by atoms with Crippen LogP contribution in [0.15, 0.2) is 18.2 Å². The lowest BCUT2D eigenvalue weighted by Crippen LogP contribution is -2.37. The molecule has 25 heavy (non-hydrogen) atoms. The molecule has 0 amide bonds. The molecule has 6 heteroatoms. The van der Waals surface area contributed by atoms with Gasteiger partial charge in [-0.25, -0.2) is 0 Å². The molecular formula is C19H27ClN2O3. The molecule has 0 aliphatic carbocycles. The van der Waals surface area contributed by atoms with Crippen molar-refractivity contribution in [2.75, 3.05) is 51.9 Å². The average molecular weight is 367 g/mol. The molecule has 0 saturated carbocycles. The van der Waals surface area contributed by atoms with E-state index >= 15 is 0 Å². The van der Waals surface area contributed by atoms with Crippen LogP contribution in [-0.4, -0.2) is 53.0 Å². The van der Waals surface area contributed by atoms with Gasteiger partial charge in [0.05, 0.1) is 19.6 Å². The number of nitrogens with one attached hydrogen (secondary N) is 1. The Bertz CT molecular complexity index is 602. The van der Waals surface area contributed by atoms with Gasteiger partial charge in [0.15, 0.2) is 0 Å². The molecule has 2 aliphatic rings. The van der Waals surface area contributed by atoms with Crippen LogP contribution in [0.5, 0.6) is 0 Å². The fourth-order valence-electron chi connectivity index (χ4n) is 4.11.